The molecule has 2 aromatic rings. The number of nitrogens with one attached hydrogen (secondary N) is 1. The highest BCUT2D eigenvalue weighted by Gasteiger charge is 2.17. The SMILES string of the molecule is COc1cc(/C=C/C(=O)Nc2nc(C)cs2)cc2c1OCCO2. The van der Waals surface area contributed by atoms with Crippen LogP contribution in [0.3, 0.4) is 0 Å². The first-order valence-corrected chi connectivity index (χ1v) is 7.92. The number of thiazole rings is 1. The number of rotatable bonds is 4. The van der Waals surface area contributed by atoms with Crippen molar-refractivity contribution in [3.8, 4) is 17.2 Å². The van der Waals surface area contributed by atoms with Crippen LogP contribution in [0.2, 0.25) is 0 Å². The lowest BCUT2D eigenvalue weighted by molar-refractivity contribution is -0.111. The van der Waals surface area contributed by atoms with Crippen molar-refractivity contribution in [1.29, 1.82) is 0 Å². The quantitative estimate of drug-likeness (QED) is 0.872. The Morgan fingerprint density at radius 3 is 2.96 bits per heavy atom. The van der Waals surface area contributed by atoms with Gasteiger partial charge in [0, 0.05) is 11.5 Å². The number of carbonyl (C=O) groups is 1. The third-order valence-corrected chi connectivity index (χ3v) is 4.00. The molecule has 1 amide bonds. The third kappa shape index (κ3) is 3.62. The van der Waals surface area contributed by atoms with E-state index in [1.54, 1.807) is 19.3 Å². The van der Waals surface area contributed by atoms with E-state index in [2.05, 4.69) is 10.3 Å². The van der Waals surface area contributed by atoms with Gasteiger partial charge in [0.2, 0.25) is 11.7 Å². The lowest BCUT2D eigenvalue weighted by Gasteiger charge is -2.20. The molecule has 0 saturated heterocycles. The molecule has 1 aliphatic heterocycles. The van der Waals surface area contributed by atoms with Crippen molar-refractivity contribution in [2.45, 2.75) is 6.92 Å². The summed E-state index contributed by atoms with van der Waals surface area (Å²) >= 11 is 1.39. The van der Waals surface area contributed by atoms with E-state index in [1.165, 1.54) is 17.4 Å². The average molecular weight is 332 g/mol. The summed E-state index contributed by atoms with van der Waals surface area (Å²) in [7, 11) is 1.57. The fourth-order valence-electron chi connectivity index (χ4n) is 2.12. The van der Waals surface area contributed by atoms with E-state index >= 15 is 0 Å². The van der Waals surface area contributed by atoms with Gasteiger partial charge in [-0.05, 0) is 30.7 Å². The highest BCUT2D eigenvalue weighted by Crippen LogP contribution is 2.40. The van der Waals surface area contributed by atoms with Gasteiger partial charge in [0.1, 0.15) is 13.2 Å². The number of hydrogen-bond acceptors (Lipinski definition) is 6. The van der Waals surface area contributed by atoms with Crippen molar-refractivity contribution in [3.05, 3.63) is 34.8 Å². The maximum atomic E-state index is 11.9. The Bertz CT molecular complexity index is 737. The van der Waals surface area contributed by atoms with E-state index in [4.69, 9.17) is 14.2 Å². The molecule has 1 N–H and O–H groups in total. The van der Waals surface area contributed by atoms with Crippen molar-refractivity contribution in [3.63, 3.8) is 0 Å². The van der Waals surface area contributed by atoms with Crippen LogP contribution in [0.5, 0.6) is 17.2 Å². The zero-order chi connectivity index (χ0) is 16.2. The van der Waals surface area contributed by atoms with Crippen molar-refractivity contribution in [2.24, 2.45) is 0 Å². The summed E-state index contributed by atoms with van der Waals surface area (Å²) in [5.74, 6) is 1.55. The van der Waals surface area contributed by atoms with Crippen molar-refractivity contribution >= 4 is 28.5 Å². The predicted octanol–water partition coefficient (Wildman–Crippen LogP) is 2.88. The second-order valence-corrected chi connectivity index (χ2v) is 5.72. The molecule has 0 saturated carbocycles. The topological polar surface area (TPSA) is 69.7 Å². The smallest absolute Gasteiger partial charge is 0.250 e. The van der Waals surface area contributed by atoms with Gasteiger partial charge in [0.25, 0.3) is 0 Å². The van der Waals surface area contributed by atoms with Gasteiger partial charge in [-0.25, -0.2) is 4.98 Å². The van der Waals surface area contributed by atoms with Crippen molar-refractivity contribution < 1.29 is 19.0 Å². The second kappa shape index (κ2) is 6.70. The summed E-state index contributed by atoms with van der Waals surface area (Å²) in [5.41, 5.74) is 1.67. The molecule has 1 aromatic heterocycles. The molecular weight excluding hydrogens is 316 g/mol. The van der Waals surface area contributed by atoms with E-state index in [-0.39, 0.29) is 5.91 Å². The molecule has 2 heterocycles. The molecule has 23 heavy (non-hydrogen) atoms. The lowest BCUT2D eigenvalue weighted by atomic mass is 10.1. The van der Waals surface area contributed by atoms with Crippen LogP contribution in [0.15, 0.2) is 23.6 Å². The number of ether oxygens (including phenoxy) is 3. The normalized spacial score (nSPS) is 13.1. The van der Waals surface area contributed by atoms with Gasteiger partial charge in [-0.3, -0.25) is 10.1 Å². The number of aromatic nitrogens is 1. The maximum absolute atomic E-state index is 11.9. The highest BCUT2D eigenvalue weighted by atomic mass is 32.1. The van der Waals surface area contributed by atoms with Crippen LogP contribution >= 0.6 is 11.3 Å². The molecule has 1 aromatic carbocycles. The molecule has 0 atom stereocenters. The Morgan fingerprint density at radius 1 is 1.39 bits per heavy atom. The first kappa shape index (κ1) is 15.4. The first-order chi connectivity index (χ1) is 11.2. The van der Waals surface area contributed by atoms with E-state index in [9.17, 15) is 4.79 Å². The monoisotopic (exact) mass is 332 g/mol. The van der Waals surface area contributed by atoms with Gasteiger partial charge in [-0.2, -0.15) is 0 Å². The number of hydrogen-bond donors (Lipinski definition) is 1. The number of anilines is 1. The molecule has 0 unspecified atom stereocenters. The summed E-state index contributed by atoms with van der Waals surface area (Å²) in [5, 5.41) is 5.18. The molecule has 0 aliphatic carbocycles. The number of nitrogens with zero attached hydrogens (tertiary/aromatic N) is 1. The van der Waals surface area contributed by atoms with Crippen LogP contribution in [-0.2, 0) is 4.79 Å². The summed E-state index contributed by atoms with van der Waals surface area (Å²) in [6.07, 6.45) is 3.14. The van der Waals surface area contributed by atoms with Crippen LogP contribution in [0.4, 0.5) is 5.13 Å². The minimum Gasteiger partial charge on any atom is -0.493 e. The van der Waals surface area contributed by atoms with Crippen LogP contribution in [-0.4, -0.2) is 31.2 Å². The lowest BCUT2D eigenvalue weighted by Crippen LogP contribution is -2.16. The van der Waals surface area contributed by atoms with Gasteiger partial charge in [0.05, 0.1) is 12.8 Å². The molecule has 7 heteroatoms. The number of aryl methyl sites for hydroxylation is 1. The summed E-state index contributed by atoms with van der Waals surface area (Å²) < 4.78 is 16.4. The minimum atomic E-state index is -0.242. The number of amides is 1. The zero-order valence-corrected chi connectivity index (χ0v) is 13.6. The Balaban J connectivity index is 1.75. The van der Waals surface area contributed by atoms with Crippen LogP contribution in [0.25, 0.3) is 6.08 Å². The fourth-order valence-corrected chi connectivity index (χ4v) is 2.81. The summed E-state index contributed by atoms with van der Waals surface area (Å²) in [4.78, 5) is 16.1. The average Bonchev–Trinajstić information content (AvgIpc) is 2.97. The second-order valence-electron chi connectivity index (χ2n) is 4.86. The summed E-state index contributed by atoms with van der Waals surface area (Å²) in [6, 6.07) is 3.61. The predicted molar refractivity (Wildman–Crippen MR) is 88.5 cm³/mol. The van der Waals surface area contributed by atoms with Crippen molar-refractivity contribution in [2.75, 3.05) is 25.6 Å². The number of methoxy groups -OCH3 is 1. The van der Waals surface area contributed by atoms with Crippen LogP contribution in [0, 0.1) is 6.92 Å². The number of carbonyl (C=O) groups excluding carboxylic acids is 1. The van der Waals surface area contributed by atoms with E-state index in [0.29, 0.717) is 35.6 Å². The molecule has 0 bridgehead atoms. The highest BCUT2D eigenvalue weighted by molar-refractivity contribution is 7.13. The third-order valence-electron chi connectivity index (χ3n) is 3.13. The van der Waals surface area contributed by atoms with Gasteiger partial charge >= 0.3 is 0 Å². The zero-order valence-electron chi connectivity index (χ0n) is 12.8. The Morgan fingerprint density at radius 2 is 2.22 bits per heavy atom. The molecule has 120 valence electrons. The van der Waals surface area contributed by atoms with Gasteiger partial charge in [0.15, 0.2) is 16.6 Å². The molecule has 0 radical (unpaired) electrons. The first-order valence-electron chi connectivity index (χ1n) is 7.04. The van der Waals surface area contributed by atoms with Crippen LogP contribution < -0.4 is 19.5 Å². The number of fused-ring (bicyclic) bond motifs is 1. The Kier molecular flexibility index (Phi) is 4.47. The molecule has 6 nitrogen and oxygen atoms in total. The van der Waals surface area contributed by atoms with E-state index < -0.39 is 0 Å². The van der Waals surface area contributed by atoms with Crippen molar-refractivity contribution in [1.82, 2.24) is 4.98 Å². The number of benzene rings is 1. The van der Waals surface area contributed by atoms with Gasteiger partial charge < -0.3 is 14.2 Å². The molecule has 1 aliphatic rings. The molecule has 0 fully saturated rings. The minimum absolute atomic E-state index is 0.242. The largest absolute Gasteiger partial charge is 0.493 e. The summed E-state index contributed by atoms with van der Waals surface area (Å²) in [6.45, 7) is 2.87. The molecule has 0 spiro atoms. The standard InChI is InChI=1S/C16H16N2O4S/c1-10-9-23-16(17-10)18-14(19)4-3-11-7-12(20-2)15-13(8-11)21-5-6-22-15/h3-4,7-9H,5-6H2,1-2H3,(H,17,18,19)/b4-3+. The maximum Gasteiger partial charge on any atom is 0.250 e. The van der Waals surface area contributed by atoms with E-state index in [1.807, 2.05) is 18.4 Å². The van der Waals surface area contributed by atoms with Gasteiger partial charge in [-0.15, -0.1) is 11.3 Å². The van der Waals surface area contributed by atoms with Gasteiger partial charge in [-0.1, -0.05) is 0 Å². The molecule has 3 rings (SSSR count). The Labute approximate surface area is 137 Å². The molecular formula is C16H16N2O4S. The van der Waals surface area contributed by atoms with E-state index in [0.717, 1.165) is 11.3 Å². The van der Waals surface area contributed by atoms with Crippen LogP contribution in [0.1, 0.15) is 11.3 Å². The Hall–Kier alpha value is -2.54. The fraction of sp³-hybridized carbons (Fsp3) is 0.250.